The molecule has 2 aromatic carbocycles. The van der Waals surface area contributed by atoms with E-state index in [1.807, 2.05) is 48.2 Å². The van der Waals surface area contributed by atoms with Gasteiger partial charge in [-0.3, -0.25) is 9.59 Å². The van der Waals surface area contributed by atoms with Crippen LogP contribution in [0.3, 0.4) is 0 Å². The maximum absolute atomic E-state index is 12.8. The first-order valence-corrected chi connectivity index (χ1v) is 7.83. The molecule has 0 radical (unpaired) electrons. The van der Waals surface area contributed by atoms with Crippen LogP contribution in [0.25, 0.3) is 0 Å². The van der Waals surface area contributed by atoms with E-state index in [4.69, 9.17) is 0 Å². The second kappa shape index (κ2) is 6.24. The summed E-state index contributed by atoms with van der Waals surface area (Å²) in [5, 5.41) is 2.63. The zero-order valence-electron chi connectivity index (χ0n) is 13.4. The van der Waals surface area contributed by atoms with Crippen molar-refractivity contribution in [3.63, 3.8) is 0 Å². The summed E-state index contributed by atoms with van der Waals surface area (Å²) in [6.45, 7) is 2.69. The van der Waals surface area contributed by atoms with Gasteiger partial charge < -0.3 is 10.2 Å². The topological polar surface area (TPSA) is 49.4 Å². The van der Waals surface area contributed by atoms with E-state index in [2.05, 4.69) is 5.32 Å². The van der Waals surface area contributed by atoms with Gasteiger partial charge in [-0.15, -0.1) is 0 Å². The van der Waals surface area contributed by atoms with Crippen molar-refractivity contribution >= 4 is 17.5 Å². The highest BCUT2D eigenvalue weighted by molar-refractivity contribution is 6.07. The van der Waals surface area contributed by atoms with Gasteiger partial charge in [0.2, 0.25) is 0 Å². The number of nitrogens with one attached hydrogen (secondary N) is 1. The first kappa shape index (κ1) is 15.3. The summed E-state index contributed by atoms with van der Waals surface area (Å²) in [5.41, 5.74) is 4.38. The van der Waals surface area contributed by atoms with Crippen LogP contribution >= 0.6 is 0 Å². The molecule has 1 aliphatic heterocycles. The first-order chi connectivity index (χ1) is 11.1. The minimum absolute atomic E-state index is 0.0161. The molecule has 0 saturated carbocycles. The molecule has 23 heavy (non-hydrogen) atoms. The summed E-state index contributed by atoms with van der Waals surface area (Å²) >= 11 is 0. The molecule has 0 aliphatic carbocycles. The number of carbonyl (C=O) groups is 2. The number of benzene rings is 2. The lowest BCUT2D eigenvalue weighted by Crippen LogP contribution is -2.35. The number of aryl methyl sites for hydroxylation is 2. The maximum Gasteiger partial charge on any atom is 0.258 e. The molecular formula is C19H20N2O2. The molecule has 2 amide bonds. The molecule has 0 fully saturated rings. The van der Waals surface area contributed by atoms with Crippen LogP contribution in [0.15, 0.2) is 42.5 Å². The van der Waals surface area contributed by atoms with Crippen LogP contribution in [0.4, 0.5) is 5.69 Å². The van der Waals surface area contributed by atoms with E-state index in [0.29, 0.717) is 17.7 Å². The van der Waals surface area contributed by atoms with Gasteiger partial charge in [0.25, 0.3) is 11.8 Å². The minimum Gasteiger partial charge on any atom is -0.355 e. The van der Waals surface area contributed by atoms with E-state index in [9.17, 15) is 9.59 Å². The Hall–Kier alpha value is -2.62. The monoisotopic (exact) mass is 308 g/mol. The molecule has 1 N–H and O–H groups in total. The van der Waals surface area contributed by atoms with Gasteiger partial charge in [0.05, 0.1) is 0 Å². The van der Waals surface area contributed by atoms with Crippen LogP contribution in [0.2, 0.25) is 0 Å². The summed E-state index contributed by atoms with van der Waals surface area (Å²) in [6, 6.07) is 13.2. The number of rotatable bonds is 2. The zero-order chi connectivity index (χ0) is 16.4. The summed E-state index contributed by atoms with van der Waals surface area (Å²) in [7, 11) is 1.62. The van der Waals surface area contributed by atoms with Gasteiger partial charge in [0.15, 0.2) is 0 Å². The van der Waals surface area contributed by atoms with E-state index in [1.54, 1.807) is 13.1 Å². The van der Waals surface area contributed by atoms with Crippen LogP contribution in [0.1, 0.15) is 38.3 Å². The van der Waals surface area contributed by atoms with Crippen LogP contribution in [0.5, 0.6) is 0 Å². The van der Waals surface area contributed by atoms with Crippen LogP contribution in [-0.4, -0.2) is 25.4 Å². The largest absolute Gasteiger partial charge is 0.355 e. The molecule has 0 bridgehead atoms. The SMILES string of the molecule is CNC(=O)c1ccc2c(c1)CCCN2C(=O)c1cccc(C)c1. The molecule has 1 heterocycles. The fourth-order valence-corrected chi connectivity index (χ4v) is 3.03. The van der Waals surface area contributed by atoms with Crippen molar-refractivity contribution in [3.05, 3.63) is 64.7 Å². The highest BCUT2D eigenvalue weighted by atomic mass is 16.2. The lowest BCUT2D eigenvalue weighted by molar-refractivity contribution is 0.0961. The summed E-state index contributed by atoms with van der Waals surface area (Å²) in [5.74, 6) is -0.0859. The maximum atomic E-state index is 12.8. The van der Waals surface area contributed by atoms with E-state index in [1.165, 1.54) is 0 Å². The third-order valence-corrected chi connectivity index (χ3v) is 4.20. The Morgan fingerprint density at radius 2 is 1.91 bits per heavy atom. The predicted octanol–water partition coefficient (Wildman–Crippen LogP) is 2.95. The van der Waals surface area contributed by atoms with Crippen molar-refractivity contribution in [1.82, 2.24) is 5.32 Å². The lowest BCUT2D eigenvalue weighted by atomic mass is 9.98. The highest BCUT2D eigenvalue weighted by Crippen LogP contribution is 2.29. The van der Waals surface area contributed by atoms with E-state index >= 15 is 0 Å². The van der Waals surface area contributed by atoms with Gasteiger partial charge in [-0.25, -0.2) is 0 Å². The molecule has 1 aliphatic rings. The van der Waals surface area contributed by atoms with Crippen molar-refractivity contribution in [3.8, 4) is 0 Å². The number of nitrogens with zero attached hydrogens (tertiary/aromatic N) is 1. The predicted molar refractivity (Wildman–Crippen MR) is 91.0 cm³/mol. The average molecular weight is 308 g/mol. The van der Waals surface area contributed by atoms with Gasteiger partial charge >= 0.3 is 0 Å². The number of carbonyl (C=O) groups excluding carboxylic acids is 2. The Bertz CT molecular complexity index is 768. The summed E-state index contributed by atoms with van der Waals surface area (Å²) in [6.07, 6.45) is 1.79. The van der Waals surface area contributed by atoms with Crippen LogP contribution < -0.4 is 10.2 Å². The molecule has 0 unspecified atom stereocenters. The number of amides is 2. The fourth-order valence-electron chi connectivity index (χ4n) is 3.03. The average Bonchev–Trinajstić information content (AvgIpc) is 2.59. The molecule has 2 aromatic rings. The first-order valence-electron chi connectivity index (χ1n) is 7.83. The van der Waals surface area contributed by atoms with Crippen molar-refractivity contribution in [2.24, 2.45) is 0 Å². The van der Waals surface area contributed by atoms with Gasteiger partial charge in [-0.2, -0.15) is 0 Å². The lowest BCUT2D eigenvalue weighted by Gasteiger charge is -2.30. The van der Waals surface area contributed by atoms with Crippen molar-refractivity contribution in [2.75, 3.05) is 18.5 Å². The summed E-state index contributed by atoms with van der Waals surface area (Å²) < 4.78 is 0. The molecule has 3 rings (SSSR count). The number of fused-ring (bicyclic) bond motifs is 1. The van der Waals surface area contributed by atoms with Crippen LogP contribution in [-0.2, 0) is 6.42 Å². The highest BCUT2D eigenvalue weighted by Gasteiger charge is 2.24. The molecule has 0 saturated heterocycles. The normalized spacial score (nSPS) is 13.4. The van der Waals surface area contributed by atoms with Gasteiger partial charge in [-0.1, -0.05) is 17.7 Å². The summed E-state index contributed by atoms with van der Waals surface area (Å²) in [4.78, 5) is 26.4. The van der Waals surface area contributed by atoms with Crippen molar-refractivity contribution in [2.45, 2.75) is 19.8 Å². The van der Waals surface area contributed by atoms with Crippen LogP contribution in [0, 0.1) is 6.92 Å². The third-order valence-electron chi connectivity index (χ3n) is 4.20. The Balaban J connectivity index is 1.95. The van der Waals surface area contributed by atoms with Gasteiger partial charge in [0, 0.05) is 30.4 Å². The molecule has 0 spiro atoms. The van der Waals surface area contributed by atoms with Crippen molar-refractivity contribution in [1.29, 1.82) is 0 Å². The van der Waals surface area contributed by atoms with E-state index < -0.39 is 0 Å². The molecule has 0 aromatic heterocycles. The van der Waals surface area contributed by atoms with Gasteiger partial charge in [-0.05, 0) is 55.7 Å². The van der Waals surface area contributed by atoms with E-state index in [-0.39, 0.29) is 11.8 Å². The smallest absolute Gasteiger partial charge is 0.258 e. The number of hydrogen-bond acceptors (Lipinski definition) is 2. The quantitative estimate of drug-likeness (QED) is 0.927. The molecule has 118 valence electrons. The van der Waals surface area contributed by atoms with E-state index in [0.717, 1.165) is 29.7 Å². The second-order valence-corrected chi connectivity index (χ2v) is 5.85. The Morgan fingerprint density at radius 3 is 2.65 bits per heavy atom. The molecule has 4 heteroatoms. The Labute approximate surface area is 136 Å². The molecular weight excluding hydrogens is 288 g/mol. The van der Waals surface area contributed by atoms with Crippen molar-refractivity contribution < 1.29 is 9.59 Å². The second-order valence-electron chi connectivity index (χ2n) is 5.85. The zero-order valence-corrected chi connectivity index (χ0v) is 13.4. The minimum atomic E-state index is -0.102. The Morgan fingerprint density at radius 1 is 1.09 bits per heavy atom. The number of anilines is 1. The Kier molecular flexibility index (Phi) is 4.15. The number of hydrogen-bond donors (Lipinski definition) is 1. The molecule has 4 nitrogen and oxygen atoms in total. The fraction of sp³-hybridized carbons (Fsp3) is 0.263. The third kappa shape index (κ3) is 2.97. The molecule has 0 atom stereocenters. The standard InChI is InChI=1S/C19H20N2O2/c1-13-5-3-6-16(11-13)19(23)21-10-4-7-14-12-15(18(22)20-2)8-9-17(14)21/h3,5-6,8-9,11-12H,4,7,10H2,1-2H3,(H,20,22). The van der Waals surface area contributed by atoms with Gasteiger partial charge in [0.1, 0.15) is 0 Å².